The number of pyridine rings is 1. The number of carbonyl (C=O) groups is 2. The monoisotopic (exact) mass is 451 g/mol. The van der Waals surface area contributed by atoms with E-state index < -0.39 is 17.7 Å². The molecule has 33 heavy (non-hydrogen) atoms. The van der Waals surface area contributed by atoms with E-state index >= 15 is 0 Å². The van der Waals surface area contributed by atoms with Gasteiger partial charge in [-0.05, 0) is 61.0 Å². The molecule has 7 nitrogen and oxygen atoms in total. The first-order chi connectivity index (χ1) is 15.9. The highest BCUT2D eigenvalue weighted by atomic mass is 16.5. The molecular weight excluding hydrogens is 418 g/mol. The second-order valence-corrected chi connectivity index (χ2v) is 8.53. The summed E-state index contributed by atoms with van der Waals surface area (Å²) in [7, 11) is 0. The zero-order valence-electron chi connectivity index (χ0n) is 19.8. The number of likely N-dealkylation sites (tertiary alicyclic amines) is 1. The van der Waals surface area contributed by atoms with Gasteiger partial charge in [-0.2, -0.15) is 0 Å². The van der Waals surface area contributed by atoms with Crippen molar-refractivity contribution in [2.75, 3.05) is 32.8 Å². The Kier molecular flexibility index (Phi) is 8.22. The van der Waals surface area contributed by atoms with Crippen molar-refractivity contribution in [2.45, 2.75) is 33.7 Å². The predicted molar refractivity (Wildman–Crippen MR) is 128 cm³/mol. The van der Waals surface area contributed by atoms with Crippen LogP contribution in [0.2, 0.25) is 0 Å². The van der Waals surface area contributed by atoms with E-state index in [0.717, 1.165) is 18.7 Å². The molecule has 0 unspecified atom stereocenters. The molecule has 176 valence electrons. The number of Topliss-reactive ketones (excluding diaryl/α,β-unsaturated/α-hetero) is 1. The van der Waals surface area contributed by atoms with Crippen molar-refractivity contribution in [3.05, 3.63) is 65.5 Å². The Morgan fingerprint density at radius 3 is 2.30 bits per heavy atom. The maximum absolute atomic E-state index is 13.1. The highest BCUT2D eigenvalue weighted by Crippen LogP contribution is 2.39. The van der Waals surface area contributed by atoms with E-state index in [2.05, 4.69) is 37.6 Å². The van der Waals surface area contributed by atoms with Gasteiger partial charge in [0, 0.05) is 31.0 Å². The van der Waals surface area contributed by atoms with Crippen LogP contribution in [0.1, 0.15) is 44.9 Å². The number of hydrogen-bond acceptors (Lipinski definition) is 6. The van der Waals surface area contributed by atoms with Crippen molar-refractivity contribution in [3.8, 4) is 5.75 Å². The van der Waals surface area contributed by atoms with Gasteiger partial charge in [-0.25, -0.2) is 0 Å². The number of benzene rings is 1. The molecule has 0 spiro atoms. The van der Waals surface area contributed by atoms with Crippen molar-refractivity contribution in [3.63, 3.8) is 0 Å². The molecule has 2 heterocycles. The maximum Gasteiger partial charge on any atom is 0.295 e. The number of hydrogen-bond donors (Lipinski definition) is 1. The number of aliphatic hydroxyl groups excluding tert-OH is 1. The Hall–Kier alpha value is -3.19. The Balaban J connectivity index is 1.98. The second-order valence-electron chi connectivity index (χ2n) is 8.53. The van der Waals surface area contributed by atoms with Gasteiger partial charge in [0.05, 0.1) is 18.2 Å². The molecule has 0 aliphatic carbocycles. The smallest absolute Gasteiger partial charge is 0.295 e. The average molecular weight is 452 g/mol. The molecule has 1 saturated heterocycles. The van der Waals surface area contributed by atoms with E-state index in [1.165, 1.54) is 0 Å². The van der Waals surface area contributed by atoms with E-state index in [-0.39, 0.29) is 11.3 Å². The SMILES string of the molecule is CCN(CC)CCN1C(=O)C(=O)/C(=C(/O)c2ccc(OCC(C)C)cc2)[C@@H]1c1ccncc1. The van der Waals surface area contributed by atoms with Crippen LogP contribution in [-0.2, 0) is 9.59 Å². The van der Waals surface area contributed by atoms with Crippen LogP contribution < -0.4 is 4.74 Å². The van der Waals surface area contributed by atoms with Gasteiger partial charge in [-0.3, -0.25) is 14.6 Å². The quantitative estimate of drug-likeness (QED) is 0.335. The van der Waals surface area contributed by atoms with Gasteiger partial charge in [0.2, 0.25) is 0 Å². The van der Waals surface area contributed by atoms with Crippen LogP contribution >= 0.6 is 0 Å². The first-order valence-electron chi connectivity index (χ1n) is 11.5. The Morgan fingerprint density at radius 1 is 1.09 bits per heavy atom. The van der Waals surface area contributed by atoms with E-state index in [4.69, 9.17) is 4.74 Å². The third kappa shape index (κ3) is 5.60. The molecule has 1 fully saturated rings. The Bertz CT molecular complexity index is 982. The van der Waals surface area contributed by atoms with E-state index in [1.807, 2.05) is 0 Å². The zero-order valence-corrected chi connectivity index (χ0v) is 19.8. The maximum atomic E-state index is 13.1. The lowest BCUT2D eigenvalue weighted by Gasteiger charge is -2.28. The summed E-state index contributed by atoms with van der Waals surface area (Å²) in [5.74, 6) is -0.372. The van der Waals surface area contributed by atoms with Gasteiger partial charge in [0.1, 0.15) is 11.5 Å². The van der Waals surface area contributed by atoms with Crippen LogP contribution in [0.15, 0.2) is 54.4 Å². The van der Waals surface area contributed by atoms with Crippen LogP contribution in [0, 0.1) is 5.92 Å². The molecule has 1 aromatic heterocycles. The lowest BCUT2D eigenvalue weighted by Crippen LogP contribution is -2.38. The first-order valence-corrected chi connectivity index (χ1v) is 11.5. The number of ether oxygens (including phenoxy) is 1. The predicted octanol–water partition coefficient (Wildman–Crippen LogP) is 3.88. The summed E-state index contributed by atoms with van der Waals surface area (Å²) in [6.07, 6.45) is 3.25. The van der Waals surface area contributed by atoms with E-state index in [0.29, 0.717) is 36.9 Å². The highest BCUT2D eigenvalue weighted by Gasteiger charge is 2.45. The van der Waals surface area contributed by atoms with Crippen molar-refractivity contribution in [1.82, 2.24) is 14.8 Å². The molecule has 2 aromatic rings. The second kappa shape index (κ2) is 11.1. The molecule has 3 rings (SSSR count). The average Bonchev–Trinajstić information content (AvgIpc) is 3.08. The van der Waals surface area contributed by atoms with Crippen LogP contribution in [0.5, 0.6) is 5.75 Å². The zero-order chi connectivity index (χ0) is 24.0. The third-order valence-corrected chi connectivity index (χ3v) is 5.82. The van der Waals surface area contributed by atoms with Crippen LogP contribution in [0.4, 0.5) is 0 Å². The van der Waals surface area contributed by atoms with Crippen LogP contribution in [0.25, 0.3) is 5.76 Å². The number of rotatable bonds is 10. The summed E-state index contributed by atoms with van der Waals surface area (Å²) in [4.78, 5) is 33.9. The number of aliphatic hydroxyl groups is 1. The molecular formula is C26H33N3O4. The topological polar surface area (TPSA) is 83.0 Å². The molecule has 1 atom stereocenters. The molecule has 0 saturated carbocycles. The fourth-order valence-corrected chi connectivity index (χ4v) is 3.92. The van der Waals surface area contributed by atoms with Crippen molar-refractivity contribution in [1.29, 1.82) is 0 Å². The molecule has 1 N–H and O–H groups in total. The Morgan fingerprint density at radius 2 is 1.73 bits per heavy atom. The first kappa shape index (κ1) is 24.5. The minimum absolute atomic E-state index is 0.0987. The molecule has 7 heteroatoms. The summed E-state index contributed by atoms with van der Waals surface area (Å²) >= 11 is 0. The molecule has 1 aromatic carbocycles. The number of likely N-dealkylation sites (N-methyl/N-ethyl adjacent to an activating group) is 1. The van der Waals surface area contributed by atoms with Gasteiger partial charge in [-0.15, -0.1) is 0 Å². The third-order valence-electron chi connectivity index (χ3n) is 5.82. The normalized spacial score (nSPS) is 17.9. The summed E-state index contributed by atoms with van der Waals surface area (Å²) < 4.78 is 5.71. The fraction of sp³-hybridized carbons (Fsp3) is 0.423. The molecule has 1 amide bonds. The largest absolute Gasteiger partial charge is 0.507 e. The molecule has 0 radical (unpaired) electrons. The summed E-state index contributed by atoms with van der Waals surface area (Å²) in [5, 5.41) is 11.1. The number of aromatic nitrogens is 1. The summed E-state index contributed by atoms with van der Waals surface area (Å²) in [5.41, 5.74) is 1.30. The summed E-state index contributed by atoms with van der Waals surface area (Å²) in [6.45, 7) is 11.6. The van der Waals surface area contributed by atoms with E-state index in [1.54, 1.807) is 53.7 Å². The van der Waals surface area contributed by atoms with Gasteiger partial charge in [-0.1, -0.05) is 27.7 Å². The molecule has 1 aliphatic heterocycles. The lowest BCUT2D eigenvalue weighted by atomic mass is 9.96. The number of amides is 1. The number of ketones is 1. The highest BCUT2D eigenvalue weighted by molar-refractivity contribution is 6.46. The minimum atomic E-state index is -0.672. The van der Waals surface area contributed by atoms with Crippen LogP contribution in [0.3, 0.4) is 0 Å². The van der Waals surface area contributed by atoms with Crippen molar-refractivity contribution in [2.24, 2.45) is 5.92 Å². The summed E-state index contributed by atoms with van der Waals surface area (Å²) in [6, 6.07) is 9.81. The Labute approximate surface area is 195 Å². The standard InChI is InChI=1S/C26H33N3O4/c1-5-28(6-2)15-16-29-23(19-11-13-27-14-12-19)22(25(31)26(29)32)24(30)20-7-9-21(10-8-20)33-17-18(3)4/h7-14,18,23,30H,5-6,15-17H2,1-4H3/b24-22+/t23-/m0/s1. The van der Waals surface area contributed by atoms with Gasteiger partial charge >= 0.3 is 0 Å². The number of carbonyl (C=O) groups excluding carboxylic acids is 2. The molecule has 1 aliphatic rings. The fourth-order valence-electron chi connectivity index (χ4n) is 3.92. The van der Waals surface area contributed by atoms with Crippen LogP contribution in [-0.4, -0.2) is 64.4 Å². The lowest BCUT2D eigenvalue weighted by molar-refractivity contribution is -0.140. The van der Waals surface area contributed by atoms with E-state index in [9.17, 15) is 14.7 Å². The van der Waals surface area contributed by atoms with Crippen molar-refractivity contribution >= 4 is 17.4 Å². The van der Waals surface area contributed by atoms with Gasteiger partial charge in [0.25, 0.3) is 11.7 Å². The van der Waals surface area contributed by atoms with Crippen molar-refractivity contribution < 1.29 is 19.4 Å². The van der Waals surface area contributed by atoms with Gasteiger partial charge in [0.15, 0.2) is 0 Å². The minimum Gasteiger partial charge on any atom is -0.507 e. The van der Waals surface area contributed by atoms with Gasteiger partial charge < -0.3 is 19.6 Å². The molecule has 0 bridgehead atoms. The number of nitrogens with zero attached hydrogens (tertiary/aromatic N) is 3.